The summed E-state index contributed by atoms with van der Waals surface area (Å²) >= 11 is 0. The van der Waals surface area contributed by atoms with E-state index in [2.05, 4.69) is 31.9 Å². The van der Waals surface area contributed by atoms with E-state index < -0.39 is 12.5 Å². The van der Waals surface area contributed by atoms with Gasteiger partial charge in [0.1, 0.15) is 5.84 Å². The highest BCUT2D eigenvalue weighted by Gasteiger charge is 2.44. The summed E-state index contributed by atoms with van der Waals surface area (Å²) in [5.74, 6) is 1.10. The summed E-state index contributed by atoms with van der Waals surface area (Å²) in [5.41, 5.74) is 2.13. The van der Waals surface area contributed by atoms with Crippen LogP contribution in [0.1, 0.15) is 64.3 Å². The molecular formula is C26H32F2N6O2. The van der Waals surface area contributed by atoms with Crippen molar-refractivity contribution >= 4 is 17.3 Å². The second-order valence-corrected chi connectivity index (χ2v) is 9.66. The SMILES string of the molecule is CC(/N=C1/N[C@@]2(CCC1C)CCN(C(=O)[C@@H](C)c1ccnc(OC(F)F)c1)C2)=C(/C)c1ncccn1. The van der Waals surface area contributed by atoms with Crippen molar-refractivity contribution in [1.29, 1.82) is 0 Å². The minimum atomic E-state index is -2.96. The number of hydrogen-bond donors (Lipinski definition) is 1. The number of ether oxygens (including phenoxy) is 1. The summed E-state index contributed by atoms with van der Waals surface area (Å²) < 4.78 is 29.5. The van der Waals surface area contributed by atoms with Gasteiger partial charge in [-0.15, -0.1) is 0 Å². The summed E-state index contributed by atoms with van der Waals surface area (Å²) in [6.07, 6.45) is 7.54. The largest absolute Gasteiger partial charge is 0.417 e. The number of carbonyl (C=O) groups excluding carboxylic acids is 1. The van der Waals surface area contributed by atoms with Gasteiger partial charge in [-0.1, -0.05) is 6.92 Å². The van der Waals surface area contributed by atoms with Crippen LogP contribution in [0.3, 0.4) is 0 Å². The van der Waals surface area contributed by atoms with E-state index in [0.29, 0.717) is 24.5 Å². The maximum Gasteiger partial charge on any atom is 0.388 e. The van der Waals surface area contributed by atoms with E-state index in [1.165, 1.54) is 12.3 Å². The first kappa shape index (κ1) is 25.7. The van der Waals surface area contributed by atoms with Gasteiger partial charge in [-0.25, -0.2) is 19.9 Å². The number of pyridine rings is 1. The zero-order valence-corrected chi connectivity index (χ0v) is 21.0. The molecule has 8 nitrogen and oxygen atoms in total. The van der Waals surface area contributed by atoms with E-state index in [1.807, 2.05) is 18.7 Å². The Labute approximate surface area is 209 Å². The molecule has 1 spiro atoms. The number of likely N-dealkylation sites (tertiary alicyclic amines) is 1. The Kier molecular flexibility index (Phi) is 7.61. The number of amidine groups is 1. The number of aromatic nitrogens is 3. The molecule has 10 heteroatoms. The van der Waals surface area contributed by atoms with Gasteiger partial charge in [0.2, 0.25) is 11.8 Å². The number of alkyl halides is 2. The fourth-order valence-electron chi connectivity index (χ4n) is 4.78. The van der Waals surface area contributed by atoms with E-state index in [1.54, 1.807) is 31.5 Å². The smallest absolute Gasteiger partial charge is 0.388 e. The number of carbonyl (C=O) groups is 1. The number of rotatable bonds is 6. The summed E-state index contributed by atoms with van der Waals surface area (Å²) in [7, 11) is 0. The zero-order chi connectivity index (χ0) is 25.9. The molecule has 2 fully saturated rings. The number of aliphatic imine (C=N–C) groups is 1. The lowest BCUT2D eigenvalue weighted by molar-refractivity contribution is -0.131. The van der Waals surface area contributed by atoms with Gasteiger partial charge in [0.15, 0.2) is 5.82 Å². The van der Waals surface area contributed by atoms with Crippen LogP contribution in [-0.2, 0) is 4.79 Å². The van der Waals surface area contributed by atoms with Crippen LogP contribution in [0, 0.1) is 5.92 Å². The molecule has 36 heavy (non-hydrogen) atoms. The molecule has 0 aromatic carbocycles. The standard InChI is InChI=1S/C26H32F2N6O2/c1-16-6-8-26(33-22(16)32-19(4)17(2)23-30-10-5-11-31-23)9-13-34(15-26)24(35)18(3)20-7-12-29-21(14-20)36-25(27)28/h5,7,10-12,14,16,18,25H,6,8-9,13,15H2,1-4H3,(H,32,33)/b19-17+/t16?,18-,26-/m0/s1. The van der Waals surface area contributed by atoms with Crippen LogP contribution in [0.2, 0.25) is 0 Å². The first-order valence-electron chi connectivity index (χ1n) is 12.2. The van der Waals surface area contributed by atoms with Gasteiger partial charge in [0.25, 0.3) is 0 Å². The second-order valence-electron chi connectivity index (χ2n) is 9.66. The Morgan fingerprint density at radius 3 is 2.69 bits per heavy atom. The third kappa shape index (κ3) is 5.68. The van der Waals surface area contributed by atoms with E-state index in [4.69, 9.17) is 4.99 Å². The zero-order valence-electron chi connectivity index (χ0n) is 21.0. The number of piperidine rings is 1. The molecule has 2 aliphatic heterocycles. The number of nitrogens with one attached hydrogen (secondary N) is 1. The van der Waals surface area contributed by atoms with Crippen LogP contribution in [-0.4, -0.2) is 56.8 Å². The summed E-state index contributed by atoms with van der Waals surface area (Å²) in [6, 6.07) is 4.84. The first-order chi connectivity index (χ1) is 17.2. The molecule has 4 heterocycles. The van der Waals surface area contributed by atoms with Crippen molar-refractivity contribution in [3.63, 3.8) is 0 Å². The molecule has 192 valence electrons. The van der Waals surface area contributed by atoms with Crippen molar-refractivity contribution in [2.75, 3.05) is 13.1 Å². The Hall–Kier alpha value is -3.43. The fourth-order valence-corrected chi connectivity index (χ4v) is 4.78. The minimum absolute atomic E-state index is 0.0480. The number of nitrogens with zero attached hydrogens (tertiary/aromatic N) is 5. The van der Waals surface area contributed by atoms with Crippen LogP contribution in [0.4, 0.5) is 8.78 Å². The molecule has 2 aromatic heterocycles. The van der Waals surface area contributed by atoms with Gasteiger partial charge in [0.05, 0.1) is 11.5 Å². The number of hydrogen-bond acceptors (Lipinski definition) is 6. The highest BCUT2D eigenvalue weighted by atomic mass is 19.3. The van der Waals surface area contributed by atoms with Crippen molar-refractivity contribution in [3.05, 3.63) is 53.9 Å². The van der Waals surface area contributed by atoms with E-state index in [9.17, 15) is 13.6 Å². The molecule has 1 amide bonds. The van der Waals surface area contributed by atoms with Crippen molar-refractivity contribution < 1.29 is 18.3 Å². The number of amides is 1. The molecular weight excluding hydrogens is 466 g/mol. The van der Waals surface area contributed by atoms with Gasteiger partial charge in [0, 0.05) is 54.9 Å². The number of allylic oxidation sites excluding steroid dienone is 2. The van der Waals surface area contributed by atoms with E-state index in [0.717, 1.165) is 36.4 Å². The summed E-state index contributed by atoms with van der Waals surface area (Å²) in [6.45, 7) is 6.08. The number of halogens is 2. The Morgan fingerprint density at radius 2 is 1.97 bits per heavy atom. The van der Waals surface area contributed by atoms with Gasteiger partial charge in [-0.05, 0) is 57.7 Å². The normalized spacial score (nSPS) is 24.6. The average molecular weight is 499 g/mol. The highest BCUT2D eigenvalue weighted by Crippen LogP contribution is 2.34. The van der Waals surface area contributed by atoms with Crippen LogP contribution < -0.4 is 10.1 Å². The third-order valence-corrected chi connectivity index (χ3v) is 7.15. The summed E-state index contributed by atoms with van der Waals surface area (Å²) in [4.78, 5) is 32.5. The molecule has 0 radical (unpaired) electrons. The monoisotopic (exact) mass is 498 g/mol. The first-order valence-corrected chi connectivity index (χ1v) is 12.2. The quantitative estimate of drug-likeness (QED) is 0.634. The molecule has 1 N–H and O–H groups in total. The van der Waals surface area contributed by atoms with Gasteiger partial charge < -0.3 is 15.0 Å². The predicted octanol–water partition coefficient (Wildman–Crippen LogP) is 4.42. The van der Waals surface area contributed by atoms with Gasteiger partial charge in [-0.3, -0.25) is 4.79 Å². The third-order valence-electron chi connectivity index (χ3n) is 7.15. The van der Waals surface area contributed by atoms with Crippen LogP contribution in [0.15, 0.2) is 47.5 Å². The van der Waals surface area contributed by atoms with Crippen molar-refractivity contribution in [1.82, 2.24) is 25.2 Å². The van der Waals surface area contributed by atoms with E-state index in [-0.39, 0.29) is 23.2 Å². The molecule has 0 bridgehead atoms. The van der Waals surface area contributed by atoms with Crippen molar-refractivity contribution in [3.8, 4) is 5.88 Å². The van der Waals surface area contributed by atoms with Crippen molar-refractivity contribution in [2.24, 2.45) is 10.9 Å². The van der Waals surface area contributed by atoms with Crippen LogP contribution in [0.5, 0.6) is 5.88 Å². The Bertz CT molecular complexity index is 1160. The lowest BCUT2D eigenvalue weighted by Crippen LogP contribution is -2.56. The van der Waals surface area contributed by atoms with E-state index >= 15 is 0 Å². The maximum atomic E-state index is 13.3. The predicted molar refractivity (Wildman–Crippen MR) is 132 cm³/mol. The van der Waals surface area contributed by atoms with Gasteiger partial charge in [-0.2, -0.15) is 8.78 Å². The molecule has 1 unspecified atom stereocenters. The molecule has 2 aromatic rings. The molecule has 0 aliphatic carbocycles. The molecule has 3 atom stereocenters. The lowest BCUT2D eigenvalue weighted by atomic mass is 9.83. The minimum Gasteiger partial charge on any atom is -0.417 e. The fraction of sp³-hybridized carbons (Fsp3) is 0.500. The highest BCUT2D eigenvalue weighted by molar-refractivity contribution is 5.88. The topological polar surface area (TPSA) is 92.6 Å². The maximum absolute atomic E-state index is 13.3. The average Bonchev–Trinajstić information content (AvgIpc) is 3.28. The summed E-state index contributed by atoms with van der Waals surface area (Å²) in [5, 5.41) is 3.68. The second kappa shape index (κ2) is 10.7. The van der Waals surface area contributed by atoms with Crippen molar-refractivity contribution in [2.45, 2.75) is 65.0 Å². The molecule has 2 saturated heterocycles. The molecule has 2 aliphatic rings. The van der Waals surface area contributed by atoms with Gasteiger partial charge >= 0.3 is 6.61 Å². The van der Waals surface area contributed by atoms with Crippen LogP contribution in [0.25, 0.3) is 5.57 Å². The van der Waals surface area contributed by atoms with Crippen LogP contribution >= 0.6 is 0 Å². The Morgan fingerprint density at radius 1 is 1.22 bits per heavy atom. The molecule has 4 rings (SSSR count). The Balaban J connectivity index is 1.47. The lowest BCUT2D eigenvalue weighted by Gasteiger charge is -2.39. The molecule has 0 saturated carbocycles.